The van der Waals surface area contributed by atoms with E-state index < -0.39 is 12.0 Å². The van der Waals surface area contributed by atoms with Crippen molar-refractivity contribution in [1.29, 1.82) is 0 Å². The van der Waals surface area contributed by atoms with Crippen LogP contribution in [0.1, 0.15) is 26.2 Å². The van der Waals surface area contributed by atoms with Gasteiger partial charge in [0.1, 0.15) is 6.29 Å². The molecule has 0 saturated carbocycles. The molecule has 13 heavy (non-hydrogen) atoms. The van der Waals surface area contributed by atoms with Crippen LogP contribution in [0.2, 0.25) is 0 Å². The molecule has 0 spiro atoms. The van der Waals surface area contributed by atoms with Gasteiger partial charge >= 0.3 is 5.97 Å². The number of nitrogens with one attached hydrogen (secondary N) is 1. The van der Waals surface area contributed by atoms with Crippen molar-refractivity contribution in [3.05, 3.63) is 0 Å². The van der Waals surface area contributed by atoms with Gasteiger partial charge in [0, 0.05) is 12.8 Å². The molecule has 74 valence electrons. The Morgan fingerprint density at radius 1 is 1.46 bits per heavy atom. The van der Waals surface area contributed by atoms with Crippen molar-refractivity contribution in [2.75, 3.05) is 0 Å². The summed E-state index contributed by atoms with van der Waals surface area (Å²) in [6, 6.07) is -0.502. The quantitative estimate of drug-likeness (QED) is 0.571. The van der Waals surface area contributed by atoms with E-state index >= 15 is 0 Å². The maximum Gasteiger partial charge on any atom is 0.303 e. The van der Waals surface area contributed by atoms with E-state index in [0.29, 0.717) is 12.7 Å². The van der Waals surface area contributed by atoms with Gasteiger partial charge in [0.25, 0.3) is 0 Å². The third kappa shape index (κ3) is 6.99. The highest BCUT2D eigenvalue weighted by Gasteiger charge is 2.06. The van der Waals surface area contributed by atoms with Crippen molar-refractivity contribution in [3.8, 4) is 0 Å². The number of aliphatic carboxylic acids is 1. The lowest BCUT2D eigenvalue weighted by atomic mass is 10.2. The molecule has 0 saturated heterocycles. The monoisotopic (exact) mass is 187 g/mol. The third-order valence-corrected chi connectivity index (χ3v) is 1.39. The van der Waals surface area contributed by atoms with Gasteiger partial charge in [0.15, 0.2) is 0 Å². The van der Waals surface area contributed by atoms with E-state index in [4.69, 9.17) is 5.11 Å². The summed E-state index contributed by atoms with van der Waals surface area (Å²) in [4.78, 5) is 31.1. The average molecular weight is 187 g/mol. The van der Waals surface area contributed by atoms with Crippen LogP contribution in [0.25, 0.3) is 0 Å². The summed E-state index contributed by atoms with van der Waals surface area (Å²) in [5.41, 5.74) is 0. The normalized spacial score (nSPS) is 11.8. The Labute approximate surface area is 76.1 Å². The van der Waals surface area contributed by atoms with Crippen molar-refractivity contribution in [3.63, 3.8) is 0 Å². The van der Waals surface area contributed by atoms with Crippen molar-refractivity contribution in [1.82, 2.24) is 5.32 Å². The lowest BCUT2D eigenvalue weighted by Gasteiger charge is -2.05. The minimum atomic E-state index is -0.920. The number of carbonyl (C=O) groups excluding carboxylic acids is 2. The van der Waals surface area contributed by atoms with Crippen LogP contribution in [0.4, 0.5) is 0 Å². The molecule has 0 fully saturated rings. The molecule has 0 radical (unpaired) electrons. The molecular formula is C8H13NO4. The Bertz CT molecular complexity index is 202. The summed E-state index contributed by atoms with van der Waals surface area (Å²) in [5, 5.41) is 10.7. The van der Waals surface area contributed by atoms with E-state index in [1.54, 1.807) is 6.92 Å². The molecule has 0 aliphatic heterocycles. The van der Waals surface area contributed by atoms with Crippen LogP contribution < -0.4 is 5.32 Å². The van der Waals surface area contributed by atoms with Gasteiger partial charge in [-0.3, -0.25) is 9.59 Å². The molecule has 0 aromatic carbocycles. The zero-order valence-electron chi connectivity index (χ0n) is 7.45. The zero-order chi connectivity index (χ0) is 10.3. The number of rotatable bonds is 6. The molecule has 2 N–H and O–H groups in total. The number of carbonyl (C=O) groups is 3. The predicted molar refractivity (Wildman–Crippen MR) is 45.2 cm³/mol. The number of amides is 1. The lowest BCUT2D eigenvalue weighted by Crippen LogP contribution is -2.33. The van der Waals surface area contributed by atoms with Crippen LogP contribution in [0.15, 0.2) is 0 Å². The standard InChI is InChI=1S/C8H13NO4/c1-6(5-10)9-7(11)3-2-4-8(12)13/h5-6H,2-4H2,1H3,(H,9,11)(H,12,13). The Morgan fingerprint density at radius 2 is 2.08 bits per heavy atom. The molecule has 0 aliphatic carbocycles. The smallest absolute Gasteiger partial charge is 0.303 e. The average Bonchev–Trinajstić information content (AvgIpc) is 2.03. The Balaban J connectivity index is 3.51. The molecule has 1 unspecified atom stereocenters. The topological polar surface area (TPSA) is 83.5 Å². The van der Waals surface area contributed by atoms with E-state index in [1.165, 1.54) is 0 Å². The summed E-state index contributed by atoms with van der Waals surface area (Å²) < 4.78 is 0. The fourth-order valence-electron chi connectivity index (χ4n) is 0.760. The largest absolute Gasteiger partial charge is 0.481 e. The summed E-state index contributed by atoms with van der Waals surface area (Å²) >= 11 is 0. The SMILES string of the molecule is CC(C=O)NC(=O)CCCC(=O)O. The van der Waals surface area contributed by atoms with Gasteiger partial charge in [-0.2, -0.15) is 0 Å². The lowest BCUT2D eigenvalue weighted by molar-refractivity contribution is -0.137. The molecule has 0 heterocycles. The Kier molecular flexibility index (Phi) is 5.50. The van der Waals surface area contributed by atoms with Crippen LogP contribution in [0.5, 0.6) is 0 Å². The molecule has 5 heteroatoms. The number of carboxylic acid groups (broad SMARTS) is 1. The minimum Gasteiger partial charge on any atom is -0.481 e. The Hall–Kier alpha value is -1.39. The van der Waals surface area contributed by atoms with E-state index in [2.05, 4.69) is 5.32 Å². The first kappa shape index (κ1) is 11.6. The van der Waals surface area contributed by atoms with Gasteiger partial charge in [0.05, 0.1) is 6.04 Å². The predicted octanol–water partition coefficient (Wildman–Crippen LogP) is -0.0551. The van der Waals surface area contributed by atoms with Crippen molar-refractivity contribution in [2.45, 2.75) is 32.2 Å². The van der Waals surface area contributed by atoms with Crippen LogP contribution >= 0.6 is 0 Å². The van der Waals surface area contributed by atoms with Crippen LogP contribution in [-0.4, -0.2) is 29.3 Å². The first-order chi connectivity index (χ1) is 6.06. The molecule has 0 rings (SSSR count). The molecule has 5 nitrogen and oxygen atoms in total. The highest BCUT2D eigenvalue weighted by atomic mass is 16.4. The van der Waals surface area contributed by atoms with E-state index in [0.717, 1.165) is 0 Å². The van der Waals surface area contributed by atoms with E-state index in [1.807, 2.05) is 0 Å². The highest BCUT2D eigenvalue weighted by molar-refractivity contribution is 5.79. The molecular weight excluding hydrogens is 174 g/mol. The summed E-state index contributed by atoms with van der Waals surface area (Å²) in [7, 11) is 0. The molecule has 0 aromatic rings. The van der Waals surface area contributed by atoms with Gasteiger partial charge < -0.3 is 15.2 Å². The summed E-state index contributed by atoms with van der Waals surface area (Å²) in [6.45, 7) is 1.56. The van der Waals surface area contributed by atoms with Gasteiger partial charge in [-0.15, -0.1) is 0 Å². The van der Waals surface area contributed by atoms with Crippen molar-refractivity contribution < 1.29 is 19.5 Å². The number of hydrogen-bond acceptors (Lipinski definition) is 3. The Morgan fingerprint density at radius 3 is 2.54 bits per heavy atom. The first-order valence-corrected chi connectivity index (χ1v) is 4.02. The number of hydrogen-bond donors (Lipinski definition) is 2. The highest BCUT2D eigenvalue weighted by Crippen LogP contribution is 1.95. The second-order valence-corrected chi connectivity index (χ2v) is 2.74. The molecule has 1 amide bonds. The first-order valence-electron chi connectivity index (χ1n) is 4.02. The molecule has 0 bridgehead atoms. The summed E-state index contributed by atoms with van der Waals surface area (Å²) in [5.74, 6) is -1.21. The number of aldehydes is 1. The minimum absolute atomic E-state index is 0.0249. The van der Waals surface area contributed by atoms with E-state index in [9.17, 15) is 14.4 Å². The zero-order valence-corrected chi connectivity index (χ0v) is 7.45. The fraction of sp³-hybridized carbons (Fsp3) is 0.625. The van der Waals surface area contributed by atoms with Crippen LogP contribution in [0, 0.1) is 0 Å². The van der Waals surface area contributed by atoms with Crippen LogP contribution in [0.3, 0.4) is 0 Å². The second kappa shape index (κ2) is 6.16. The van der Waals surface area contributed by atoms with Crippen molar-refractivity contribution in [2.24, 2.45) is 0 Å². The second-order valence-electron chi connectivity index (χ2n) is 2.74. The maximum atomic E-state index is 10.9. The summed E-state index contributed by atoms with van der Waals surface area (Å²) in [6.07, 6.45) is 1.04. The van der Waals surface area contributed by atoms with Crippen molar-refractivity contribution >= 4 is 18.2 Å². The van der Waals surface area contributed by atoms with Gasteiger partial charge in [0.2, 0.25) is 5.91 Å². The number of carboxylic acids is 1. The molecule has 0 aromatic heterocycles. The van der Waals surface area contributed by atoms with Gasteiger partial charge in [-0.05, 0) is 13.3 Å². The third-order valence-electron chi connectivity index (χ3n) is 1.39. The van der Waals surface area contributed by atoms with Gasteiger partial charge in [-0.25, -0.2) is 0 Å². The van der Waals surface area contributed by atoms with E-state index in [-0.39, 0.29) is 18.7 Å². The van der Waals surface area contributed by atoms with Gasteiger partial charge in [-0.1, -0.05) is 0 Å². The molecule has 0 aliphatic rings. The maximum absolute atomic E-state index is 10.9. The fourth-order valence-corrected chi connectivity index (χ4v) is 0.760. The van der Waals surface area contributed by atoms with Crippen LogP contribution in [-0.2, 0) is 14.4 Å². The molecule has 1 atom stereocenters.